The van der Waals surface area contributed by atoms with E-state index in [9.17, 15) is 0 Å². The van der Waals surface area contributed by atoms with Gasteiger partial charge in [0.25, 0.3) is 0 Å². The average molecular weight is 487 g/mol. The zero-order chi connectivity index (χ0) is 17.6. The number of fused-ring (bicyclic) bond motifs is 1. The second-order valence-electron chi connectivity index (χ2n) is 6.04. The van der Waals surface area contributed by atoms with Gasteiger partial charge in [0.2, 0.25) is 0 Å². The minimum absolute atomic E-state index is 0. The molecular weight excluding hydrogens is 461 g/mol. The van der Waals surface area contributed by atoms with Crippen molar-refractivity contribution in [2.45, 2.75) is 39.5 Å². The molecule has 2 aromatic rings. The number of benzene rings is 1. The zero-order valence-corrected chi connectivity index (χ0v) is 18.5. The van der Waals surface area contributed by atoms with Crippen molar-refractivity contribution >= 4 is 41.3 Å². The Balaban J connectivity index is 0.00000243. The van der Waals surface area contributed by atoms with Crippen LogP contribution in [0.4, 0.5) is 0 Å². The summed E-state index contributed by atoms with van der Waals surface area (Å²) in [6.45, 7) is 6.13. The summed E-state index contributed by atoms with van der Waals surface area (Å²) in [5.41, 5.74) is 3.55. The van der Waals surface area contributed by atoms with E-state index in [1.165, 1.54) is 11.1 Å². The SMILES string of the molecule is CCOc1cc2c(cc1CNC(=NC)NCc1ccsc1)OC(C)C2.I. The van der Waals surface area contributed by atoms with Gasteiger partial charge in [0, 0.05) is 37.7 Å². The van der Waals surface area contributed by atoms with Gasteiger partial charge in [0.15, 0.2) is 5.96 Å². The summed E-state index contributed by atoms with van der Waals surface area (Å²) < 4.78 is 11.7. The molecule has 1 aliphatic heterocycles. The highest BCUT2D eigenvalue weighted by Gasteiger charge is 2.21. The fourth-order valence-corrected chi connectivity index (χ4v) is 3.56. The lowest BCUT2D eigenvalue weighted by Crippen LogP contribution is -2.36. The fraction of sp³-hybridized carbons (Fsp3) is 0.421. The predicted octanol–water partition coefficient (Wildman–Crippen LogP) is 3.95. The zero-order valence-electron chi connectivity index (χ0n) is 15.4. The maximum atomic E-state index is 5.88. The molecule has 142 valence electrons. The standard InChI is InChI=1S/C19H25N3O2S.HI/c1-4-23-17-8-15-7-13(2)24-18(15)9-16(17)11-22-19(20-3)21-10-14-5-6-25-12-14;/h5-6,8-9,12-13H,4,7,10-11H2,1-3H3,(H2,20,21,22);1H. The van der Waals surface area contributed by atoms with Crippen LogP contribution in [0.25, 0.3) is 0 Å². The number of nitrogens with zero attached hydrogens (tertiary/aromatic N) is 1. The van der Waals surface area contributed by atoms with E-state index in [1.54, 1.807) is 18.4 Å². The van der Waals surface area contributed by atoms with Crippen LogP contribution in [0.3, 0.4) is 0 Å². The topological polar surface area (TPSA) is 54.9 Å². The summed E-state index contributed by atoms with van der Waals surface area (Å²) in [5.74, 6) is 2.65. The first kappa shape index (κ1) is 20.8. The lowest BCUT2D eigenvalue weighted by molar-refractivity contribution is 0.254. The monoisotopic (exact) mass is 487 g/mol. The molecule has 2 N–H and O–H groups in total. The van der Waals surface area contributed by atoms with Gasteiger partial charge in [-0.2, -0.15) is 11.3 Å². The molecule has 1 unspecified atom stereocenters. The third-order valence-electron chi connectivity index (χ3n) is 4.09. The Hall–Kier alpha value is -1.48. The first-order valence-electron chi connectivity index (χ1n) is 8.60. The first-order valence-corrected chi connectivity index (χ1v) is 9.54. The van der Waals surface area contributed by atoms with Crippen molar-refractivity contribution in [3.8, 4) is 11.5 Å². The van der Waals surface area contributed by atoms with Gasteiger partial charge in [-0.15, -0.1) is 24.0 Å². The number of hydrogen-bond acceptors (Lipinski definition) is 4. The smallest absolute Gasteiger partial charge is 0.191 e. The van der Waals surface area contributed by atoms with E-state index < -0.39 is 0 Å². The van der Waals surface area contributed by atoms with Crippen LogP contribution < -0.4 is 20.1 Å². The first-order chi connectivity index (χ1) is 12.2. The van der Waals surface area contributed by atoms with E-state index in [2.05, 4.69) is 51.5 Å². The minimum atomic E-state index is 0. The molecular formula is C19H26IN3O2S. The Bertz CT molecular complexity index is 735. The molecule has 1 aliphatic rings. The van der Waals surface area contributed by atoms with Gasteiger partial charge in [-0.25, -0.2) is 0 Å². The van der Waals surface area contributed by atoms with Crippen LogP contribution in [0.1, 0.15) is 30.5 Å². The average Bonchev–Trinajstić information content (AvgIpc) is 3.23. The maximum Gasteiger partial charge on any atom is 0.191 e. The quantitative estimate of drug-likeness (QED) is 0.368. The lowest BCUT2D eigenvalue weighted by atomic mass is 10.1. The van der Waals surface area contributed by atoms with Crippen molar-refractivity contribution in [2.75, 3.05) is 13.7 Å². The second-order valence-corrected chi connectivity index (χ2v) is 6.82. The van der Waals surface area contributed by atoms with Crippen LogP contribution in [-0.4, -0.2) is 25.7 Å². The molecule has 1 atom stereocenters. The number of halogens is 1. The Morgan fingerprint density at radius 1 is 1.35 bits per heavy atom. The molecule has 0 radical (unpaired) electrons. The Labute approximate surface area is 176 Å². The highest BCUT2D eigenvalue weighted by Crippen LogP contribution is 2.35. The summed E-state index contributed by atoms with van der Waals surface area (Å²) in [7, 11) is 1.78. The number of rotatable bonds is 6. The molecule has 7 heteroatoms. The summed E-state index contributed by atoms with van der Waals surface area (Å²) in [4.78, 5) is 4.29. The molecule has 0 saturated heterocycles. The van der Waals surface area contributed by atoms with Crippen molar-refractivity contribution < 1.29 is 9.47 Å². The Kier molecular flexibility index (Phi) is 8.02. The number of ether oxygens (including phenoxy) is 2. The third-order valence-corrected chi connectivity index (χ3v) is 4.82. The molecule has 5 nitrogen and oxygen atoms in total. The van der Waals surface area contributed by atoms with E-state index in [1.807, 2.05) is 6.92 Å². The van der Waals surface area contributed by atoms with Crippen molar-refractivity contribution in [1.29, 1.82) is 0 Å². The number of nitrogens with one attached hydrogen (secondary N) is 2. The summed E-state index contributed by atoms with van der Waals surface area (Å²) in [6, 6.07) is 6.31. The molecule has 0 saturated carbocycles. The number of guanidine groups is 1. The van der Waals surface area contributed by atoms with Crippen molar-refractivity contribution in [1.82, 2.24) is 10.6 Å². The van der Waals surface area contributed by atoms with Crippen LogP contribution in [0.15, 0.2) is 34.0 Å². The lowest BCUT2D eigenvalue weighted by Gasteiger charge is -2.15. The van der Waals surface area contributed by atoms with E-state index in [0.29, 0.717) is 13.2 Å². The second kappa shape index (κ2) is 10.0. The van der Waals surface area contributed by atoms with Crippen molar-refractivity contribution in [2.24, 2.45) is 4.99 Å². The normalized spacial score (nSPS) is 15.7. The molecule has 0 aliphatic carbocycles. The molecule has 0 bridgehead atoms. The number of hydrogen-bond donors (Lipinski definition) is 2. The molecule has 2 heterocycles. The van der Waals surface area contributed by atoms with Gasteiger partial charge < -0.3 is 20.1 Å². The Morgan fingerprint density at radius 2 is 2.15 bits per heavy atom. The summed E-state index contributed by atoms with van der Waals surface area (Å²) >= 11 is 1.70. The molecule has 0 spiro atoms. The number of aliphatic imine (C=N–C) groups is 1. The van der Waals surface area contributed by atoms with E-state index in [-0.39, 0.29) is 30.1 Å². The Morgan fingerprint density at radius 3 is 2.85 bits per heavy atom. The van der Waals surface area contributed by atoms with Gasteiger partial charge in [0.1, 0.15) is 17.6 Å². The largest absolute Gasteiger partial charge is 0.494 e. The van der Waals surface area contributed by atoms with Crippen LogP contribution in [0, 0.1) is 0 Å². The molecule has 1 aromatic carbocycles. The van der Waals surface area contributed by atoms with Gasteiger partial charge in [-0.1, -0.05) is 0 Å². The van der Waals surface area contributed by atoms with E-state index in [0.717, 1.165) is 36.0 Å². The van der Waals surface area contributed by atoms with Gasteiger partial charge in [0.05, 0.1) is 6.61 Å². The summed E-state index contributed by atoms with van der Waals surface area (Å²) in [6.07, 6.45) is 1.17. The van der Waals surface area contributed by atoms with E-state index in [4.69, 9.17) is 9.47 Å². The van der Waals surface area contributed by atoms with Crippen LogP contribution in [-0.2, 0) is 19.5 Å². The third kappa shape index (κ3) is 5.26. The molecule has 1 aromatic heterocycles. The van der Waals surface area contributed by atoms with Gasteiger partial charge >= 0.3 is 0 Å². The van der Waals surface area contributed by atoms with Gasteiger partial charge in [-0.05, 0) is 48.4 Å². The van der Waals surface area contributed by atoms with E-state index >= 15 is 0 Å². The predicted molar refractivity (Wildman–Crippen MR) is 118 cm³/mol. The highest BCUT2D eigenvalue weighted by atomic mass is 127. The summed E-state index contributed by atoms with van der Waals surface area (Å²) in [5, 5.41) is 10.9. The fourth-order valence-electron chi connectivity index (χ4n) is 2.89. The van der Waals surface area contributed by atoms with Gasteiger partial charge in [-0.3, -0.25) is 4.99 Å². The van der Waals surface area contributed by atoms with Crippen LogP contribution in [0.2, 0.25) is 0 Å². The molecule has 26 heavy (non-hydrogen) atoms. The highest BCUT2D eigenvalue weighted by molar-refractivity contribution is 14.0. The van der Waals surface area contributed by atoms with Crippen molar-refractivity contribution in [3.05, 3.63) is 45.6 Å². The molecule has 0 amide bonds. The van der Waals surface area contributed by atoms with Crippen molar-refractivity contribution in [3.63, 3.8) is 0 Å². The minimum Gasteiger partial charge on any atom is -0.494 e. The maximum absolute atomic E-state index is 5.88. The number of thiophene rings is 1. The molecule has 0 fully saturated rings. The molecule has 3 rings (SSSR count). The van der Waals surface area contributed by atoms with Crippen LogP contribution in [0.5, 0.6) is 11.5 Å². The van der Waals surface area contributed by atoms with Crippen LogP contribution >= 0.6 is 35.3 Å².